The highest BCUT2D eigenvalue weighted by molar-refractivity contribution is 7.80. The molecule has 0 fully saturated rings. The van der Waals surface area contributed by atoms with E-state index in [-0.39, 0.29) is 11.0 Å². The molecule has 134 valence electrons. The summed E-state index contributed by atoms with van der Waals surface area (Å²) in [7, 11) is 0. The molecular formula is C20H21N3O2S. The number of nitrogens with zero attached hydrogens (tertiary/aromatic N) is 1. The summed E-state index contributed by atoms with van der Waals surface area (Å²) in [4.78, 5) is 12.3. The molecule has 0 saturated heterocycles. The summed E-state index contributed by atoms with van der Waals surface area (Å²) in [5.74, 6) is 0.905. The average Bonchev–Trinajstić information content (AvgIpc) is 2.62. The second-order valence-corrected chi connectivity index (χ2v) is 6.56. The van der Waals surface area contributed by atoms with E-state index in [2.05, 4.69) is 24.5 Å². The molecule has 2 N–H and O–H groups in total. The maximum atomic E-state index is 12.3. The minimum atomic E-state index is -0.314. The lowest BCUT2D eigenvalue weighted by Crippen LogP contribution is -2.34. The van der Waals surface area contributed by atoms with Crippen molar-refractivity contribution in [3.63, 3.8) is 0 Å². The van der Waals surface area contributed by atoms with Crippen LogP contribution in [0.5, 0.6) is 5.75 Å². The Morgan fingerprint density at radius 2 is 1.96 bits per heavy atom. The number of carbonyl (C=O) groups excluding carboxylic acids is 1. The Balaban J connectivity index is 1.91. The van der Waals surface area contributed by atoms with Gasteiger partial charge in [-0.05, 0) is 67.0 Å². The average molecular weight is 367 g/mol. The van der Waals surface area contributed by atoms with Gasteiger partial charge in [0.25, 0.3) is 5.91 Å². The highest BCUT2D eigenvalue weighted by Gasteiger charge is 2.09. The third-order valence-electron chi connectivity index (χ3n) is 3.56. The van der Waals surface area contributed by atoms with Crippen molar-refractivity contribution in [3.05, 3.63) is 59.7 Å². The summed E-state index contributed by atoms with van der Waals surface area (Å²) in [5.41, 5.74) is 1.72. The predicted molar refractivity (Wildman–Crippen MR) is 106 cm³/mol. The molecule has 2 aromatic carbocycles. The van der Waals surface area contributed by atoms with Gasteiger partial charge in [-0.15, -0.1) is 0 Å². The van der Waals surface area contributed by atoms with Gasteiger partial charge in [-0.3, -0.25) is 10.1 Å². The van der Waals surface area contributed by atoms with E-state index in [1.807, 2.05) is 12.1 Å². The maximum absolute atomic E-state index is 12.3. The number of nitrogens with one attached hydrogen (secondary N) is 2. The van der Waals surface area contributed by atoms with Crippen molar-refractivity contribution in [2.24, 2.45) is 5.92 Å². The predicted octanol–water partition coefficient (Wildman–Crippen LogP) is 4.11. The molecule has 0 spiro atoms. The van der Waals surface area contributed by atoms with Crippen molar-refractivity contribution >= 4 is 28.9 Å². The van der Waals surface area contributed by atoms with Crippen molar-refractivity contribution in [2.75, 3.05) is 11.9 Å². The number of hydrogen-bond acceptors (Lipinski definition) is 4. The van der Waals surface area contributed by atoms with E-state index in [9.17, 15) is 4.79 Å². The molecule has 1 amide bonds. The Morgan fingerprint density at radius 3 is 2.62 bits per heavy atom. The summed E-state index contributed by atoms with van der Waals surface area (Å²) in [6, 6.07) is 15.8. The number of hydrogen-bond donors (Lipinski definition) is 2. The first-order chi connectivity index (χ1) is 12.5. The van der Waals surface area contributed by atoms with Gasteiger partial charge in [0.15, 0.2) is 5.11 Å². The molecule has 0 bridgehead atoms. The highest BCUT2D eigenvalue weighted by Crippen LogP contribution is 2.15. The lowest BCUT2D eigenvalue weighted by Gasteiger charge is -2.11. The van der Waals surface area contributed by atoms with Crippen LogP contribution in [0.1, 0.15) is 36.2 Å². The van der Waals surface area contributed by atoms with Crippen LogP contribution in [0.4, 0.5) is 5.69 Å². The minimum absolute atomic E-state index is 0.186. The van der Waals surface area contributed by atoms with Crippen LogP contribution in [-0.4, -0.2) is 17.6 Å². The molecule has 0 atom stereocenters. The van der Waals surface area contributed by atoms with Gasteiger partial charge in [0.2, 0.25) is 0 Å². The van der Waals surface area contributed by atoms with E-state index in [4.69, 9.17) is 22.2 Å². The Morgan fingerprint density at radius 1 is 1.23 bits per heavy atom. The third kappa shape index (κ3) is 6.19. The number of ether oxygens (including phenoxy) is 1. The molecule has 0 aliphatic heterocycles. The van der Waals surface area contributed by atoms with E-state index < -0.39 is 0 Å². The third-order valence-corrected chi connectivity index (χ3v) is 3.76. The van der Waals surface area contributed by atoms with Gasteiger partial charge in [-0.25, -0.2) is 0 Å². The van der Waals surface area contributed by atoms with Crippen LogP contribution >= 0.6 is 12.2 Å². The van der Waals surface area contributed by atoms with Gasteiger partial charge in [0.1, 0.15) is 5.75 Å². The number of benzene rings is 2. The first-order valence-electron chi connectivity index (χ1n) is 8.33. The molecule has 2 rings (SSSR count). The van der Waals surface area contributed by atoms with Crippen molar-refractivity contribution in [1.82, 2.24) is 5.32 Å². The Hall–Kier alpha value is -2.91. The van der Waals surface area contributed by atoms with Gasteiger partial charge >= 0.3 is 0 Å². The van der Waals surface area contributed by atoms with Crippen LogP contribution in [0.15, 0.2) is 48.5 Å². The SMILES string of the molecule is CC(C)CCOc1cccc(C(=O)NC(=S)Nc2ccc(C#N)cc2)c1. The number of amides is 1. The van der Waals surface area contributed by atoms with Gasteiger partial charge in [0, 0.05) is 11.3 Å². The maximum Gasteiger partial charge on any atom is 0.257 e. The Kier molecular flexibility index (Phi) is 7.12. The summed E-state index contributed by atoms with van der Waals surface area (Å²) in [6.45, 7) is 4.88. The van der Waals surface area contributed by atoms with Gasteiger partial charge in [0.05, 0.1) is 18.2 Å². The molecule has 0 aromatic heterocycles. The molecule has 0 heterocycles. The number of carbonyl (C=O) groups is 1. The van der Waals surface area contributed by atoms with Gasteiger partial charge in [-0.2, -0.15) is 5.26 Å². The molecule has 6 heteroatoms. The standard InChI is InChI=1S/C20H21N3O2S/c1-14(2)10-11-25-18-5-3-4-16(12-18)19(24)23-20(26)22-17-8-6-15(13-21)7-9-17/h3-9,12,14H,10-11H2,1-2H3,(H2,22,23,24,26). The molecule has 26 heavy (non-hydrogen) atoms. The van der Waals surface area contributed by atoms with Crippen LogP contribution in [0.3, 0.4) is 0 Å². The zero-order valence-corrected chi connectivity index (χ0v) is 15.6. The zero-order chi connectivity index (χ0) is 18.9. The molecule has 0 aliphatic rings. The zero-order valence-electron chi connectivity index (χ0n) is 14.8. The Bertz CT molecular complexity index is 811. The van der Waals surface area contributed by atoms with Crippen LogP contribution in [0, 0.1) is 17.2 Å². The quantitative estimate of drug-likeness (QED) is 0.752. The summed E-state index contributed by atoms with van der Waals surface area (Å²) >= 11 is 5.17. The van der Waals surface area contributed by atoms with Crippen LogP contribution in [-0.2, 0) is 0 Å². The van der Waals surface area contributed by atoms with E-state index in [0.29, 0.717) is 35.1 Å². The van der Waals surface area contributed by atoms with Crippen molar-refractivity contribution in [2.45, 2.75) is 20.3 Å². The van der Waals surface area contributed by atoms with Crippen LogP contribution < -0.4 is 15.4 Å². The summed E-state index contributed by atoms with van der Waals surface area (Å²) in [5, 5.41) is 14.5. The van der Waals surface area contributed by atoms with E-state index in [1.54, 1.807) is 42.5 Å². The molecule has 2 aromatic rings. The van der Waals surface area contributed by atoms with Crippen molar-refractivity contribution in [1.29, 1.82) is 5.26 Å². The fourth-order valence-electron chi connectivity index (χ4n) is 2.11. The first kappa shape index (κ1) is 19.4. The second-order valence-electron chi connectivity index (χ2n) is 6.16. The lowest BCUT2D eigenvalue weighted by molar-refractivity contribution is 0.0977. The topological polar surface area (TPSA) is 74.2 Å². The fourth-order valence-corrected chi connectivity index (χ4v) is 2.32. The summed E-state index contributed by atoms with van der Waals surface area (Å²) < 4.78 is 5.68. The van der Waals surface area contributed by atoms with Crippen molar-refractivity contribution < 1.29 is 9.53 Å². The Labute approximate surface area is 159 Å². The molecule has 0 saturated carbocycles. The first-order valence-corrected chi connectivity index (χ1v) is 8.74. The smallest absolute Gasteiger partial charge is 0.257 e. The highest BCUT2D eigenvalue weighted by atomic mass is 32.1. The summed E-state index contributed by atoms with van der Waals surface area (Å²) in [6.07, 6.45) is 0.953. The molecular weight excluding hydrogens is 346 g/mol. The number of rotatable bonds is 6. The largest absolute Gasteiger partial charge is 0.494 e. The minimum Gasteiger partial charge on any atom is -0.494 e. The second kappa shape index (κ2) is 9.54. The lowest BCUT2D eigenvalue weighted by atomic mass is 10.1. The normalized spacial score (nSPS) is 10.1. The molecule has 5 nitrogen and oxygen atoms in total. The molecule has 0 radical (unpaired) electrons. The number of anilines is 1. The van der Waals surface area contributed by atoms with Gasteiger partial charge < -0.3 is 10.1 Å². The van der Waals surface area contributed by atoms with Gasteiger partial charge in [-0.1, -0.05) is 19.9 Å². The monoisotopic (exact) mass is 367 g/mol. The van der Waals surface area contributed by atoms with Crippen LogP contribution in [0.25, 0.3) is 0 Å². The molecule has 0 aliphatic carbocycles. The van der Waals surface area contributed by atoms with Crippen molar-refractivity contribution in [3.8, 4) is 11.8 Å². The molecule has 0 unspecified atom stereocenters. The van der Waals surface area contributed by atoms with Crippen LogP contribution in [0.2, 0.25) is 0 Å². The van der Waals surface area contributed by atoms with E-state index in [0.717, 1.165) is 6.42 Å². The number of thiocarbonyl (C=S) groups is 1. The fraction of sp³-hybridized carbons (Fsp3) is 0.250. The number of nitriles is 1. The van der Waals surface area contributed by atoms with E-state index in [1.165, 1.54) is 0 Å². The van der Waals surface area contributed by atoms with E-state index >= 15 is 0 Å².